The first-order valence-corrected chi connectivity index (χ1v) is 6.68. The zero-order chi connectivity index (χ0) is 13.3. The number of hydrogen-bond donors (Lipinski definition) is 1. The van der Waals surface area contributed by atoms with Gasteiger partial charge in [-0.3, -0.25) is 0 Å². The summed E-state index contributed by atoms with van der Waals surface area (Å²) in [6.45, 7) is 7.40. The third-order valence-electron chi connectivity index (χ3n) is 4.10. The minimum atomic E-state index is -0.227. The molecular formula is C15H22FNO. The van der Waals surface area contributed by atoms with Gasteiger partial charge in [-0.1, -0.05) is 19.9 Å². The molecule has 3 atom stereocenters. The smallest absolute Gasteiger partial charge is 0.146 e. The summed E-state index contributed by atoms with van der Waals surface area (Å²) < 4.78 is 14.1. The van der Waals surface area contributed by atoms with E-state index in [9.17, 15) is 4.39 Å². The predicted octanol–water partition coefficient (Wildman–Crippen LogP) is 3.19. The average molecular weight is 251 g/mol. The van der Waals surface area contributed by atoms with Gasteiger partial charge >= 0.3 is 0 Å². The van der Waals surface area contributed by atoms with Gasteiger partial charge in [0.05, 0.1) is 12.3 Å². The molecule has 0 aliphatic carbocycles. The number of aliphatic hydroxyl groups excluding tert-OH is 1. The van der Waals surface area contributed by atoms with Crippen molar-refractivity contribution in [2.24, 2.45) is 11.8 Å². The molecule has 100 valence electrons. The van der Waals surface area contributed by atoms with E-state index in [2.05, 4.69) is 25.7 Å². The van der Waals surface area contributed by atoms with E-state index in [4.69, 9.17) is 5.11 Å². The average Bonchev–Trinajstić information content (AvgIpc) is 2.34. The van der Waals surface area contributed by atoms with Crippen molar-refractivity contribution in [1.82, 2.24) is 0 Å². The number of hydrogen-bond acceptors (Lipinski definition) is 2. The van der Waals surface area contributed by atoms with Crippen molar-refractivity contribution >= 4 is 5.69 Å². The van der Waals surface area contributed by atoms with E-state index in [1.54, 1.807) is 12.1 Å². The zero-order valence-corrected chi connectivity index (χ0v) is 11.4. The topological polar surface area (TPSA) is 23.5 Å². The van der Waals surface area contributed by atoms with Crippen LogP contribution in [0.3, 0.4) is 0 Å². The lowest BCUT2D eigenvalue weighted by molar-refractivity contribution is 0.280. The van der Waals surface area contributed by atoms with Crippen LogP contribution in [-0.4, -0.2) is 17.7 Å². The van der Waals surface area contributed by atoms with Crippen LogP contribution in [0, 0.1) is 17.7 Å². The highest BCUT2D eigenvalue weighted by Gasteiger charge is 2.30. The number of halogens is 1. The Kier molecular flexibility index (Phi) is 3.91. The van der Waals surface area contributed by atoms with Crippen molar-refractivity contribution in [3.05, 3.63) is 29.6 Å². The van der Waals surface area contributed by atoms with Gasteiger partial charge in [0.25, 0.3) is 0 Å². The standard InChI is InChI=1S/C15H22FNO/c1-10-6-11(2)12(3)17(8-10)15-5-4-13(9-18)7-14(15)16/h4-5,7,10-12,18H,6,8-9H2,1-3H3. The van der Waals surface area contributed by atoms with Crippen molar-refractivity contribution in [3.8, 4) is 0 Å². The molecule has 0 saturated carbocycles. The molecule has 0 aromatic heterocycles. The third kappa shape index (κ3) is 2.51. The van der Waals surface area contributed by atoms with Crippen LogP contribution in [0.5, 0.6) is 0 Å². The molecule has 0 bridgehead atoms. The molecule has 1 saturated heterocycles. The van der Waals surface area contributed by atoms with Crippen molar-refractivity contribution in [3.63, 3.8) is 0 Å². The van der Waals surface area contributed by atoms with Gasteiger partial charge in [-0.25, -0.2) is 4.39 Å². The molecule has 1 aromatic rings. The lowest BCUT2D eigenvalue weighted by atomic mass is 9.85. The summed E-state index contributed by atoms with van der Waals surface area (Å²) in [4.78, 5) is 2.16. The van der Waals surface area contributed by atoms with E-state index < -0.39 is 0 Å². The highest BCUT2D eigenvalue weighted by Crippen LogP contribution is 2.32. The molecule has 1 aliphatic heterocycles. The summed E-state index contributed by atoms with van der Waals surface area (Å²) in [6, 6.07) is 5.39. The molecule has 1 fully saturated rings. The first-order valence-electron chi connectivity index (χ1n) is 6.68. The van der Waals surface area contributed by atoms with Crippen LogP contribution >= 0.6 is 0 Å². The maximum Gasteiger partial charge on any atom is 0.146 e. The summed E-state index contributed by atoms with van der Waals surface area (Å²) in [7, 11) is 0. The van der Waals surface area contributed by atoms with Crippen LogP contribution < -0.4 is 4.90 Å². The van der Waals surface area contributed by atoms with Gasteiger partial charge in [0, 0.05) is 12.6 Å². The highest BCUT2D eigenvalue weighted by atomic mass is 19.1. The molecule has 3 unspecified atom stereocenters. The SMILES string of the molecule is CC1CC(C)C(C)N(c2ccc(CO)cc2F)C1. The van der Waals surface area contributed by atoms with Crippen molar-refractivity contribution in [2.75, 3.05) is 11.4 Å². The maximum absolute atomic E-state index is 14.1. The first-order chi connectivity index (χ1) is 8.52. The number of piperidine rings is 1. The van der Waals surface area contributed by atoms with Gasteiger partial charge in [0.2, 0.25) is 0 Å². The van der Waals surface area contributed by atoms with Crippen LogP contribution in [0.4, 0.5) is 10.1 Å². The summed E-state index contributed by atoms with van der Waals surface area (Å²) in [5.41, 5.74) is 1.29. The molecule has 3 heteroatoms. The Morgan fingerprint density at radius 2 is 2.06 bits per heavy atom. The lowest BCUT2D eigenvalue weighted by Crippen LogP contribution is -2.46. The number of rotatable bonds is 2. The summed E-state index contributed by atoms with van der Waals surface area (Å²) in [5, 5.41) is 9.02. The molecule has 1 N–H and O–H groups in total. The highest BCUT2D eigenvalue weighted by molar-refractivity contribution is 5.50. The molecule has 2 nitrogen and oxygen atoms in total. The van der Waals surface area contributed by atoms with Crippen LogP contribution in [0.2, 0.25) is 0 Å². The van der Waals surface area contributed by atoms with Gasteiger partial charge in [-0.05, 0) is 42.9 Å². The van der Waals surface area contributed by atoms with Crippen molar-refractivity contribution < 1.29 is 9.50 Å². The summed E-state index contributed by atoms with van der Waals surface area (Å²) in [5.74, 6) is 0.938. The van der Waals surface area contributed by atoms with Gasteiger partial charge < -0.3 is 10.0 Å². The molecule has 0 amide bonds. The lowest BCUT2D eigenvalue weighted by Gasteiger charge is -2.42. The summed E-state index contributed by atoms with van der Waals surface area (Å²) >= 11 is 0. The molecule has 18 heavy (non-hydrogen) atoms. The largest absolute Gasteiger partial charge is 0.392 e. The van der Waals surface area contributed by atoms with Crippen LogP contribution in [0.1, 0.15) is 32.8 Å². The van der Waals surface area contributed by atoms with Gasteiger partial charge in [-0.2, -0.15) is 0 Å². The van der Waals surface area contributed by atoms with E-state index in [1.807, 2.05) is 0 Å². The van der Waals surface area contributed by atoms with Gasteiger partial charge in [0.15, 0.2) is 0 Å². The molecule has 1 aromatic carbocycles. The predicted molar refractivity (Wildman–Crippen MR) is 72.1 cm³/mol. The fourth-order valence-corrected chi connectivity index (χ4v) is 2.91. The van der Waals surface area contributed by atoms with Crippen LogP contribution in [-0.2, 0) is 6.61 Å². The fourth-order valence-electron chi connectivity index (χ4n) is 2.91. The first kappa shape index (κ1) is 13.3. The Bertz CT molecular complexity index is 421. The minimum Gasteiger partial charge on any atom is -0.392 e. The van der Waals surface area contributed by atoms with Crippen LogP contribution in [0.25, 0.3) is 0 Å². The van der Waals surface area contributed by atoms with E-state index in [1.165, 1.54) is 12.5 Å². The second-order valence-electron chi connectivity index (χ2n) is 5.66. The molecule has 0 spiro atoms. The van der Waals surface area contributed by atoms with Gasteiger partial charge in [0.1, 0.15) is 5.82 Å². The van der Waals surface area contributed by atoms with E-state index in [0.29, 0.717) is 29.1 Å². The van der Waals surface area contributed by atoms with Gasteiger partial charge in [-0.15, -0.1) is 0 Å². The van der Waals surface area contributed by atoms with E-state index in [0.717, 1.165) is 6.54 Å². The third-order valence-corrected chi connectivity index (χ3v) is 4.10. The van der Waals surface area contributed by atoms with Crippen LogP contribution in [0.15, 0.2) is 18.2 Å². The number of aliphatic hydroxyl groups is 1. The monoisotopic (exact) mass is 251 g/mol. The Labute approximate surface area is 108 Å². The molecule has 0 radical (unpaired) electrons. The molecular weight excluding hydrogens is 229 g/mol. The van der Waals surface area contributed by atoms with E-state index in [-0.39, 0.29) is 12.4 Å². The summed E-state index contributed by atoms with van der Waals surface area (Å²) in [6.07, 6.45) is 1.20. The van der Waals surface area contributed by atoms with Crippen molar-refractivity contribution in [2.45, 2.75) is 39.8 Å². The zero-order valence-electron chi connectivity index (χ0n) is 11.4. The fraction of sp³-hybridized carbons (Fsp3) is 0.600. The quantitative estimate of drug-likeness (QED) is 0.872. The second-order valence-corrected chi connectivity index (χ2v) is 5.66. The Hall–Kier alpha value is -1.09. The van der Waals surface area contributed by atoms with E-state index >= 15 is 0 Å². The Morgan fingerprint density at radius 1 is 1.33 bits per heavy atom. The number of anilines is 1. The molecule has 1 aliphatic rings. The number of benzene rings is 1. The Morgan fingerprint density at radius 3 is 2.67 bits per heavy atom. The second kappa shape index (κ2) is 5.27. The molecule has 2 rings (SSSR count). The van der Waals surface area contributed by atoms with Crippen molar-refractivity contribution in [1.29, 1.82) is 0 Å². The minimum absolute atomic E-state index is 0.112. The normalized spacial score (nSPS) is 28.5. The number of nitrogens with zero attached hydrogens (tertiary/aromatic N) is 1. The maximum atomic E-state index is 14.1. The molecule has 1 heterocycles. The Balaban J connectivity index is 2.29.